The van der Waals surface area contributed by atoms with E-state index in [0.29, 0.717) is 18.4 Å². The number of amides is 4. The number of nitrogens with zero attached hydrogens (tertiary/aromatic N) is 2. The van der Waals surface area contributed by atoms with E-state index in [4.69, 9.17) is 0 Å². The summed E-state index contributed by atoms with van der Waals surface area (Å²) in [6.45, 7) is 8.26. The number of halogens is 4. The first-order valence-corrected chi connectivity index (χ1v) is 18.7. The summed E-state index contributed by atoms with van der Waals surface area (Å²) in [4.78, 5) is 57.2. The predicted octanol–water partition coefficient (Wildman–Crippen LogP) is 4.79. The number of alkyl halides is 3. The van der Waals surface area contributed by atoms with E-state index in [1.54, 1.807) is 26.8 Å². The summed E-state index contributed by atoms with van der Waals surface area (Å²) in [7, 11) is -4.00. The van der Waals surface area contributed by atoms with Gasteiger partial charge in [0.25, 0.3) is 5.91 Å². The van der Waals surface area contributed by atoms with Gasteiger partial charge in [-0.15, -0.1) is 6.58 Å². The summed E-state index contributed by atoms with van der Waals surface area (Å²) < 4.78 is 83.2. The number of benzene rings is 2. The highest BCUT2D eigenvalue weighted by Gasteiger charge is 2.62. The molecule has 0 bridgehead atoms. The highest BCUT2D eigenvalue weighted by atomic mass is 32.2. The highest BCUT2D eigenvalue weighted by molar-refractivity contribution is 7.91. The van der Waals surface area contributed by atoms with E-state index < -0.39 is 97.6 Å². The maximum absolute atomic E-state index is 14.9. The van der Waals surface area contributed by atoms with E-state index in [1.165, 1.54) is 35.2 Å². The zero-order valence-corrected chi connectivity index (χ0v) is 30.1. The molecular weight excluding hydrogens is 722 g/mol. The van der Waals surface area contributed by atoms with E-state index >= 15 is 0 Å². The van der Waals surface area contributed by atoms with Gasteiger partial charge < -0.3 is 20.6 Å². The lowest BCUT2D eigenvalue weighted by Crippen LogP contribution is -2.58. The van der Waals surface area contributed by atoms with Crippen LogP contribution in [0.15, 0.2) is 55.1 Å². The number of rotatable bonds is 10. The van der Waals surface area contributed by atoms with Crippen molar-refractivity contribution in [2.24, 2.45) is 17.3 Å². The van der Waals surface area contributed by atoms with Gasteiger partial charge in [-0.2, -0.15) is 13.2 Å². The highest BCUT2D eigenvalue weighted by Crippen LogP contribution is 2.48. The average molecular weight is 764 g/mol. The lowest BCUT2D eigenvalue weighted by atomic mass is 9.85. The van der Waals surface area contributed by atoms with Gasteiger partial charge in [-0.1, -0.05) is 45.0 Å². The number of carbonyl (C=O) groups excluding carboxylic acids is 3. The second kappa shape index (κ2) is 13.3. The molecule has 4 aliphatic rings. The summed E-state index contributed by atoms with van der Waals surface area (Å²) in [5.41, 5.74) is -3.08. The minimum absolute atomic E-state index is 0.0126. The molecule has 2 aliphatic carbocycles. The fourth-order valence-corrected chi connectivity index (χ4v) is 8.89. The Balaban J connectivity index is 1.36. The Labute approximate surface area is 304 Å². The second-order valence-corrected chi connectivity index (χ2v) is 17.3. The fraction of sp³-hybridized carbons (Fsp3) is 0.500. The summed E-state index contributed by atoms with van der Waals surface area (Å²) in [6, 6.07) is 4.99. The minimum Gasteiger partial charge on any atom is -0.465 e. The number of hydrogen-bond acceptors (Lipinski definition) is 7. The first-order chi connectivity index (χ1) is 24.7. The summed E-state index contributed by atoms with van der Waals surface area (Å²) >= 11 is 0. The third-order valence-corrected chi connectivity index (χ3v) is 12.4. The molecule has 3 fully saturated rings. The van der Waals surface area contributed by atoms with Gasteiger partial charge in [-0.05, 0) is 60.9 Å². The van der Waals surface area contributed by atoms with E-state index in [1.807, 2.05) is 0 Å². The summed E-state index contributed by atoms with van der Waals surface area (Å²) in [5, 5.41) is 15.0. The molecule has 17 heteroatoms. The Bertz CT molecular complexity index is 1960. The van der Waals surface area contributed by atoms with Crippen molar-refractivity contribution in [3.8, 4) is 0 Å². The molecule has 1 unspecified atom stereocenters. The van der Waals surface area contributed by atoms with Crippen LogP contribution in [0.25, 0.3) is 0 Å². The molecule has 6 rings (SSSR count). The molecule has 0 aromatic heterocycles. The van der Waals surface area contributed by atoms with Gasteiger partial charge >= 0.3 is 12.3 Å². The van der Waals surface area contributed by atoms with Crippen LogP contribution in [0, 0.1) is 23.1 Å². The molecule has 286 valence electrons. The van der Waals surface area contributed by atoms with Crippen molar-refractivity contribution in [2.75, 3.05) is 11.9 Å². The molecule has 2 aliphatic heterocycles. The predicted molar refractivity (Wildman–Crippen MR) is 184 cm³/mol. The van der Waals surface area contributed by atoms with Crippen molar-refractivity contribution < 1.29 is 50.3 Å². The quantitative estimate of drug-likeness (QED) is 0.198. The summed E-state index contributed by atoms with van der Waals surface area (Å²) in [6.07, 6.45) is -3.94. The number of likely N-dealkylation sites (tertiary alicyclic amines) is 1. The van der Waals surface area contributed by atoms with Crippen LogP contribution in [-0.2, 0) is 37.1 Å². The van der Waals surface area contributed by atoms with Gasteiger partial charge in [-0.3, -0.25) is 24.0 Å². The van der Waals surface area contributed by atoms with E-state index in [-0.39, 0.29) is 37.2 Å². The number of sulfonamides is 1. The molecular formula is C36H41F4N5O7S. The topological polar surface area (TPSA) is 165 Å². The Morgan fingerprint density at radius 1 is 1.06 bits per heavy atom. The number of hydrogen-bond donors (Lipinski definition) is 4. The van der Waals surface area contributed by atoms with Gasteiger partial charge in [0, 0.05) is 29.6 Å². The van der Waals surface area contributed by atoms with Crippen LogP contribution in [0.5, 0.6) is 0 Å². The molecule has 2 saturated carbocycles. The van der Waals surface area contributed by atoms with Crippen LogP contribution >= 0.6 is 0 Å². The Morgan fingerprint density at radius 3 is 2.32 bits per heavy atom. The van der Waals surface area contributed by atoms with Gasteiger partial charge in [0.2, 0.25) is 21.8 Å². The average Bonchev–Trinajstić information content (AvgIpc) is 3.96. The molecule has 0 spiro atoms. The van der Waals surface area contributed by atoms with Crippen LogP contribution in [0.4, 0.5) is 28.0 Å². The van der Waals surface area contributed by atoms with Crippen LogP contribution in [0.3, 0.4) is 0 Å². The molecule has 2 aromatic rings. The standard InChI is InChI=1S/C36H41F4N5O7S/c1-5-20-16-35(20,32(48)43-53(51,52)23-12-13-23)42-30(46)27-14-19(28-24-10-7-11-26(37)25(24)18-45(28)33(49)50)17-44(27)31(47)29(34(2,3)4)41-22-9-6-8-21(15-22)36(38,39)40/h5-11,15,19-20,23,27-29,41H,1,12-14,16-18H2,2-4H3,(H,42,46)(H,43,48)(H,49,50)/t19-,20-,27+,28?,29-,35-/m1/s1. The normalized spacial score (nSPS) is 26.0. The molecule has 1 saturated heterocycles. The molecule has 2 aromatic carbocycles. The lowest BCUT2D eigenvalue weighted by Gasteiger charge is -2.36. The lowest BCUT2D eigenvalue weighted by molar-refractivity contribution is -0.141. The molecule has 2 heterocycles. The first kappa shape index (κ1) is 38.1. The monoisotopic (exact) mass is 763 g/mol. The van der Waals surface area contributed by atoms with Crippen LogP contribution < -0.4 is 15.4 Å². The number of nitrogens with one attached hydrogen (secondary N) is 3. The van der Waals surface area contributed by atoms with E-state index in [0.717, 1.165) is 17.0 Å². The zero-order chi connectivity index (χ0) is 38.8. The molecule has 6 atom stereocenters. The van der Waals surface area contributed by atoms with Crippen molar-refractivity contribution >= 4 is 39.5 Å². The van der Waals surface area contributed by atoms with Gasteiger partial charge in [0.15, 0.2) is 0 Å². The molecule has 12 nitrogen and oxygen atoms in total. The molecule has 4 amide bonds. The summed E-state index contributed by atoms with van der Waals surface area (Å²) in [5.74, 6) is -4.49. The molecule has 4 N–H and O–H groups in total. The minimum atomic E-state index is -4.66. The third-order valence-electron chi connectivity index (χ3n) is 10.6. The smallest absolute Gasteiger partial charge is 0.416 e. The first-order valence-electron chi connectivity index (χ1n) is 17.2. The Hall–Kier alpha value is -4.67. The number of carbonyl (C=O) groups is 4. The second-order valence-electron chi connectivity index (χ2n) is 15.4. The fourth-order valence-electron chi connectivity index (χ4n) is 7.53. The van der Waals surface area contributed by atoms with E-state index in [2.05, 4.69) is 21.9 Å². The SMILES string of the molecule is C=C[C@@H]1C[C@]1(NC(=O)[C@@H]1C[C@@H](C2c3cccc(F)c3CN2C(=O)O)CN1C(=O)[C@@H](Nc1cccc(C(F)(F)F)c1)C(C)(C)C)C(=O)NS(=O)(=O)C1CC1. The van der Waals surface area contributed by atoms with Gasteiger partial charge in [0.1, 0.15) is 23.4 Å². The van der Waals surface area contributed by atoms with Crippen molar-refractivity contribution in [3.63, 3.8) is 0 Å². The molecule has 53 heavy (non-hydrogen) atoms. The van der Waals surface area contributed by atoms with Crippen molar-refractivity contribution in [3.05, 3.63) is 77.6 Å². The Kier molecular flexibility index (Phi) is 9.57. The number of anilines is 1. The Morgan fingerprint density at radius 2 is 1.74 bits per heavy atom. The number of fused-ring (bicyclic) bond motifs is 1. The molecule has 0 radical (unpaired) electrons. The van der Waals surface area contributed by atoms with Gasteiger partial charge in [-0.25, -0.2) is 17.6 Å². The van der Waals surface area contributed by atoms with Crippen molar-refractivity contribution in [1.82, 2.24) is 19.8 Å². The maximum atomic E-state index is 14.9. The van der Waals surface area contributed by atoms with Crippen LogP contribution in [-0.4, -0.2) is 76.6 Å². The number of carboxylic acid groups (broad SMARTS) is 1. The van der Waals surface area contributed by atoms with E-state index in [9.17, 15) is 50.3 Å². The van der Waals surface area contributed by atoms with Crippen molar-refractivity contribution in [1.29, 1.82) is 0 Å². The van der Waals surface area contributed by atoms with Crippen molar-refractivity contribution in [2.45, 2.75) is 88.1 Å². The largest absolute Gasteiger partial charge is 0.465 e. The van der Waals surface area contributed by atoms with Crippen LogP contribution in [0.1, 0.15) is 69.2 Å². The third kappa shape index (κ3) is 7.31. The zero-order valence-electron chi connectivity index (χ0n) is 29.2. The maximum Gasteiger partial charge on any atom is 0.416 e. The van der Waals surface area contributed by atoms with Gasteiger partial charge in [0.05, 0.1) is 23.4 Å². The van der Waals surface area contributed by atoms with Crippen LogP contribution in [0.2, 0.25) is 0 Å².